The summed E-state index contributed by atoms with van der Waals surface area (Å²) < 4.78 is 10.3. The number of carbonyl (C=O) groups is 2. The molecule has 0 aliphatic carbocycles. The minimum Gasteiger partial charge on any atom is -0.497 e. The number of anilines is 1. The van der Waals surface area contributed by atoms with Gasteiger partial charge in [-0.2, -0.15) is 0 Å². The fourth-order valence-corrected chi connectivity index (χ4v) is 3.12. The Morgan fingerprint density at radius 3 is 2.46 bits per heavy atom. The number of hydrogen-bond acceptors (Lipinski definition) is 5. The first-order valence-corrected chi connectivity index (χ1v) is 9.19. The molecule has 0 bridgehead atoms. The summed E-state index contributed by atoms with van der Waals surface area (Å²) in [5.74, 6) is -0.0601. The molecule has 0 aromatic heterocycles. The number of rotatable bonds is 8. The summed E-state index contributed by atoms with van der Waals surface area (Å²) in [6.45, 7) is 0.748. The summed E-state index contributed by atoms with van der Waals surface area (Å²) in [7, 11) is 3.15. The van der Waals surface area contributed by atoms with E-state index in [4.69, 9.17) is 21.1 Å². The van der Waals surface area contributed by atoms with Gasteiger partial charge in [0.2, 0.25) is 0 Å². The molecule has 2 aromatic carbocycles. The minimum absolute atomic E-state index is 0.234. The zero-order valence-corrected chi connectivity index (χ0v) is 16.5. The molecule has 0 atom stereocenters. The van der Waals surface area contributed by atoms with Crippen LogP contribution in [-0.2, 0) is 14.3 Å². The topological polar surface area (TPSA) is 67.9 Å². The van der Waals surface area contributed by atoms with Gasteiger partial charge in [0.05, 0.1) is 12.7 Å². The van der Waals surface area contributed by atoms with Crippen LogP contribution in [-0.4, -0.2) is 44.1 Å². The van der Waals surface area contributed by atoms with Crippen molar-refractivity contribution in [2.45, 2.75) is 6.42 Å². The van der Waals surface area contributed by atoms with E-state index in [0.29, 0.717) is 40.6 Å². The van der Waals surface area contributed by atoms with E-state index >= 15 is 0 Å². The van der Waals surface area contributed by atoms with Gasteiger partial charge in [0.1, 0.15) is 11.4 Å². The maximum atomic E-state index is 13.0. The van der Waals surface area contributed by atoms with Crippen molar-refractivity contribution in [2.24, 2.45) is 0 Å². The van der Waals surface area contributed by atoms with E-state index in [-0.39, 0.29) is 24.1 Å². The van der Waals surface area contributed by atoms with Gasteiger partial charge >= 0.3 is 0 Å². The number of imide groups is 1. The van der Waals surface area contributed by atoms with E-state index in [0.717, 1.165) is 0 Å². The second kappa shape index (κ2) is 8.91. The molecule has 1 aliphatic rings. The molecule has 1 N–H and O–H groups in total. The highest BCUT2D eigenvalue weighted by atomic mass is 35.5. The largest absolute Gasteiger partial charge is 0.497 e. The molecular formula is C21H21ClN2O4. The number of hydrogen-bond donors (Lipinski definition) is 1. The van der Waals surface area contributed by atoms with Crippen LogP contribution in [0.25, 0.3) is 5.57 Å². The monoisotopic (exact) mass is 400 g/mol. The number of carbonyl (C=O) groups excluding carboxylic acids is 2. The number of nitrogens with zero attached hydrogens (tertiary/aromatic N) is 1. The molecule has 6 nitrogen and oxygen atoms in total. The average Bonchev–Trinajstić information content (AvgIpc) is 2.93. The summed E-state index contributed by atoms with van der Waals surface area (Å²) in [6.07, 6.45) is 0.564. The van der Waals surface area contributed by atoms with Gasteiger partial charge < -0.3 is 14.8 Å². The van der Waals surface area contributed by atoms with E-state index in [1.807, 2.05) is 0 Å². The van der Waals surface area contributed by atoms with Crippen molar-refractivity contribution in [3.05, 3.63) is 64.8 Å². The first kappa shape index (κ1) is 19.9. The van der Waals surface area contributed by atoms with Gasteiger partial charge in [-0.15, -0.1) is 0 Å². The second-order valence-corrected chi connectivity index (χ2v) is 6.66. The number of halogens is 1. The quantitative estimate of drug-likeness (QED) is 0.542. The Kier molecular flexibility index (Phi) is 6.34. The molecule has 2 aromatic rings. The fourth-order valence-electron chi connectivity index (χ4n) is 2.99. The van der Waals surface area contributed by atoms with Gasteiger partial charge in [-0.3, -0.25) is 14.5 Å². The lowest BCUT2D eigenvalue weighted by molar-refractivity contribution is -0.136. The molecule has 0 saturated carbocycles. The highest BCUT2D eigenvalue weighted by molar-refractivity contribution is 6.36. The molecule has 1 aliphatic heterocycles. The van der Waals surface area contributed by atoms with Gasteiger partial charge in [0.25, 0.3) is 11.8 Å². The minimum atomic E-state index is -0.367. The normalized spacial score (nSPS) is 14.0. The lowest BCUT2D eigenvalue weighted by Crippen LogP contribution is -2.33. The first-order chi connectivity index (χ1) is 13.5. The summed E-state index contributed by atoms with van der Waals surface area (Å²) in [5.41, 5.74) is 1.84. The Bertz CT molecular complexity index is 909. The number of methoxy groups -OCH3 is 2. The second-order valence-electron chi connectivity index (χ2n) is 6.22. The van der Waals surface area contributed by atoms with E-state index < -0.39 is 0 Å². The zero-order chi connectivity index (χ0) is 20.1. The van der Waals surface area contributed by atoms with E-state index in [1.54, 1.807) is 62.8 Å². The van der Waals surface area contributed by atoms with Crippen molar-refractivity contribution in [1.82, 2.24) is 4.90 Å². The number of nitrogens with one attached hydrogen (secondary N) is 1. The number of amides is 2. The maximum Gasteiger partial charge on any atom is 0.278 e. The van der Waals surface area contributed by atoms with Gasteiger partial charge in [0.15, 0.2) is 0 Å². The lowest BCUT2D eigenvalue weighted by Gasteiger charge is -2.15. The van der Waals surface area contributed by atoms with Crippen LogP contribution in [0, 0.1) is 0 Å². The Balaban J connectivity index is 1.98. The summed E-state index contributed by atoms with van der Waals surface area (Å²) in [6, 6.07) is 14.0. The predicted octanol–water partition coefficient (Wildman–Crippen LogP) is 3.58. The van der Waals surface area contributed by atoms with Crippen molar-refractivity contribution in [2.75, 3.05) is 32.7 Å². The molecule has 7 heteroatoms. The molecule has 28 heavy (non-hydrogen) atoms. The van der Waals surface area contributed by atoms with Crippen LogP contribution in [0.4, 0.5) is 5.69 Å². The Morgan fingerprint density at radius 1 is 1.04 bits per heavy atom. The third kappa shape index (κ3) is 4.18. The van der Waals surface area contributed by atoms with Gasteiger partial charge in [-0.05, 0) is 36.2 Å². The Morgan fingerprint density at radius 2 is 1.79 bits per heavy atom. The van der Waals surface area contributed by atoms with E-state index in [1.165, 1.54) is 4.90 Å². The van der Waals surface area contributed by atoms with Crippen LogP contribution >= 0.6 is 11.6 Å². The molecule has 146 valence electrons. The molecule has 0 saturated heterocycles. The molecule has 0 radical (unpaired) electrons. The van der Waals surface area contributed by atoms with E-state index in [9.17, 15) is 9.59 Å². The van der Waals surface area contributed by atoms with Crippen molar-refractivity contribution in [3.63, 3.8) is 0 Å². The van der Waals surface area contributed by atoms with Crippen molar-refractivity contribution in [1.29, 1.82) is 0 Å². The molecule has 2 amide bonds. The molecule has 0 spiro atoms. The molecule has 0 fully saturated rings. The van der Waals surface area contributed by atoms with Crippen molar-refractivity contribution >= 4 is 34.7 Å². The third-order valence-electron chi connectivity index (χ3n) is 4.37. The van der Waals surface area contributed by atoms with E-state index in [2.05, 4.69) is 5.32 Å². The Labute approximate surface area is 168 Å². The van der Waals surface area contributed by atoms with Crippen LogP contribution < -0.4 is 10.1 Å². The lowest BCUT2D eigenvalue weighted by atomic mass is 10.0. The third-order valence-corrected chi connectivity index (χ3v) is 4.62. The Hall–Kier alpha value is -2.83. The molecule has 1 heterocycles. The number of benzene rings is 2. The SMILES string of the molecule is COCCCN1C(=O)C(Nc2cccc(OC)c2)=C(c2ccc(Cl)cc2)C1=O. The van der Waals surface area contributed by atoms with Gasteiger partial charge in [-0.1, -0.05) is 29.8 Å². The van der Waals surface area contributed by atoms with Gasteiger partial charge in [0, 0.05) is 37.0 Å². The summed E-state index contributed by atoms with van der Waals surface area (Å²) in [5, 5.41) is 3.66. The molecular weight excluding hydrogens is 380 g/mol. The maximum absolute atomic E-state index is 13.0. The van der Waals surface area contributed by atoms with Crippen molar-refractivity contribution < 1.29 is 19.1 Å². The standard InChI is InChI=1S/C21H21ClN2O4/c1-27-12-4-11-24-20(25)18(14-7-9-15(22)10-8-14)19(21(24)26)23-16-5-3-6-17(13-16)28-2/h3,5-10,13,23H,4,11-12H2,1-2H3. The molecule has 3 rings (SSSR count). The first-order valence-electron chi connectivity index (χ1n) is 8.81. The van der Waals surface area contributed by atoms with Crippen LogP contribution in [0.2, 0.25) is 5.02 Å². The van der Waals surface area contributed by atoms with Crippen LogP contribution in [0.5, 0.6) is 5.75 Å². The highest BCUT2D eigenvalue weighted by Crippen LogP contribution is 2.31. The van der Waals surface area contributed by atoms with Gasteiger partial charge in [-0.25, -0.2) is 0 Å². The van der Waals surface area contributed by atoms with Crippen LogP contribution in [0.1, 0.15) is 12.0 Å². The number of ether oxygens (including phenoxy) is 2. The average molecular weight is 401 g/mol. The van der Waals surface area contributed by atoms with Crippen LogP contribution in [0.15, 0.2) is 54.2 Å². The highest BCUT2D eigenvalue weighted by Gasteiger charge is 2.38. The predicted molar refractivity (Wildman–Crippen MR) is 108 cm³/mol. The summed E-state index contributed by atoms with van der Waals surface area (Å²) in [4.78, 5) is 27.3. The zero-order valence-electron chi connectivity index (χ0n) is 15.7. The summed E-state index contributed by atoms with van der Waals surface area (Å²) >= 11 is 5.97. The smallest absolute Gasteiger partial charge is 0.278 e. The fraction of sp³-hybridized carbons (Fsp3) is 0.238. The molecule has 0 unspecified atom stereocenters. The van der Waals surface area contributed by atoms with Crippen molar-refractivity contribution in [3.8, 4) is 5.75 Å². The van der Waals surface area contributed by atoms with Crippen LogP contribution in [0.3, 0.4) is 0 Å².